The van der Waals surface area contributed by atoms with Crippen molar-refractivity contribution >= 4 is 12.0 Å². The summed E-state index contributed by atoms with van der Waals surface area (Å²) >= 11 is 0. The largest absolute Gasteiger partial charge is 0.481 e. The molecule has 0 aromatic carbocycles. The maximum atomic E-state index is 12.4. The summed E-state index contributed by atoms with van der Waals surface area (Å²) in [5.41, 5.74) is 0. The molecule has 0 radical (unpaired) electrons. The molecule has 3 aliphatic rings. The highest BCUT2D eigenvalue weighted by Crippen LogP contribution is 2.31. The molecule has 3 fully saturated rings. The fraction of sp³-hybridized carbons (Fsp3) is 0.846. The van der Waals surface area contributed by atoms with Crippen molar-refractivity contribution in [1.82, 2.24) is 15.1 Å². The second kappa shape index (κ2) is 5.00. The first kappa shape index (κ1) is 12.7. The van der Waals surface area contributed by atoms with Gasteiger partial charge in [-0.15, -0.1) is 0 Å². The number of hydrogen-bond acceptors (Lipinski definition) is 3. The fourth-order valence-corrected chi connectivity index (χ4v) is 3.59. The third kappa shape index (κ3) is 2.29. The van der Waals surface area contributed by atoms with E-state index in [0.717, 1.165) is 39.0 Å². The van der Waals surface area contributed by atoms with E-state index in [1.165, 1.54) is 0 Å². The van der Waals surface area contributed by atoms with E-state index < -0.39 is 5.97 Å². The van der Waals surface area contributed by atoms with Crippen molar-refractivity contribution in [3.8, 4) is 0 Å². The Morgan fingerprint density at radius 3 is 2.53 bits per heavy atom. The summed E-state index contributed by atoms with van der Waals surface area (Å²) in [7, 11) is 0. The van der Waals surface area contributed by atoms with Crippen LogP contribution in [0.3, 0.4) is 0 Å². The predicted molar refractivity (Wildman–Crippen MR) is 68.8 cm³/mol. The lowest BCUT2D eigenvalue weighted by Crippen LogP contribution is -2.50. The van der Waals surface area contributed by atoms with Crippen molar-refractivity contribution in [3.05, 3.63) is 0 Å². The molecule has 0 aromatic rings. The zero-order valence-corrected chi connectivity index (χ0v) is 11.0. The molecule has 2 N–H and O–H groups in total. The second-order valence-electron chi connectivity index (χ2n) is 5.83. The zero-order chi connectivity index (χ0) is 13.4. The summed E-state index contributed by atoms with van der Waals surface area (Å²) in [6.07, 6.45) is 3.06. The van der Waals surface area contributed by atoms with E-state index in [1.807, 2.05) is 9.80 Å². The molecule has 0 aromatic heterocycles. The van der Waals surface area contributed by atoms with E-state index >= 15 is 0 Å². The van der Waals surface area contributed by atoms with Gasteiger partial charge in [0, 0.05) is 32.2 Å². The third-order valence-corrected chi connectivity index (χ3v) is 4.74. The first-order valence-electron chi connectivity index (χ1n) is 7.17. The van der Waals surface area contributed by atoms with Crippen LogP contribution in [0.1, 0.15) is 25.7 Å². The van der Waals surface area contributed by atoms with Gasteiger partial charge in [-0.1, -0.05) is 0 Å². The minimum Gasteiger partial charge on any atom is -0.481 e. The number of piperazine rings is 1. The molecule has 1 aliphatic carbocycles. The minimum absolute atomic E-state index is 0.158. The number of carbonyl (C=O) groups is 2. The van der Waals surface area contributed by atoms with Crippen molar-refractivity contribution in [1.29, 1.82) is 0 Å². The first-order valence-corrected chi connectivity index (χ1v) is 7.17. The molecule has 6 heteroatoms. The Morgan fingerprint density at radius 2 is 1.89 bits per heavy atom. The van der Waals surface area contributed by atoms with Gasteiger partial charge >= 0.3 is 12.0 Å². The van der Waals surface area contributed by atoms with Crippen LogP contribution in [0.2, 0.25) is 0 Å². The van der Waals surface area contributed by atoms with Crippen molar-refractivity contribution in [3.63, 3.8) is 0 Å². The van der Waals surface area contributed by atoms with E-state index in [-0.39, 0.29) is 18.0 Å². The van der Waals surface area contributed by atoms with Crippen LogP contribution in [0.25, 0.3) is 0 Å². The average Bonchev–Trinajstić information content (AvgIpc) is 2.77. The molecule has 106 valence electrons. The molecule has 2 saturated heterocycles. The van der Waals surface area contributed by atoms with E-state index in [0.29, 0.717) is 18.9 Å². The SMILES string of the molecule is O=C(O)C1CCC(N2C[C@@H]3CNCCN3C2=O)CC1. The number of aliphatic carboxylic acids is 1. The number of carboxylic acids is 1. The number of nitrogens with one attached hydrogen (secondary N) is 1. The van der Waals surface area contributed by atoms with Gasteiger partial charge in [0.05, 0.1) is 12.0 Å². The third-order valence-electron chi connectivity index (χ3n) is 4.74. The van der Waals surface area contributed by atoms with Gasteiger partial charge < -0.3 is 20.2 Å². The number of fused-ring (bicyclic) bond motifs is 1. The summed E-state index contributed by atoms with van der Waals surface area (Å²) in [5, 5.41) is 12.3. The van der Waals surface area contributed by atoms with E-state index in [2.05, 4.69) is 5.32 Å². The lowest BCUT2D eigenvalue weighted by molar-refractivity contribution is -0.143. The molecular weight excluding hydrogens is 246 g/mol. The van der Waals surface area contributed by atoms with Crippen LogP contribution in [-0.2, 0) is 4.79 Å². The highest BCUT2D eigenvalue weighted by molar-refractivity contribution is 5.78. The number of rotatable bonds is 2. The summed E-state index contributed by atoms with van der Waals surface area (Å²) in [6.45, 7) is 3.35. The Kier molecular flexibility index (Phi) is 3.35. The Hall–Kier alpha value is -1.30. The van der Waals surface area contributed by atoms with Crippen LogP contribution in [0.15, 0.2) is 0 Å². The van der Waals surface area contributed by atoms with Crippen LogP contribution >= 0.6 is 0 Å². The average molecular weight is 267 g/mol. The molecule has 2 aliphatic heterocycles. The van der Waals surface area contributed by atoms with Gasteiger partial charge in [-0.2, -0.15) is 0 Å². The summed E-state index contributed by atoms with van der Waals surface area (Å²) < 4.78 is 0. The number of hydrogen-bond donors (Lipinski definition) is 2. The molecule has 2 heterocycles. The number of urea groups is 1. The number of amides is 2. The standard InChI is InChI=1S/C13H21N3O3/c17-12(18)9-1-3-10(4-2-9)16-8-11-7-14-5-6-15(11)13(16)19/h9-11,14H,1-8H2,(H,17,18)/t9?,10?,11-/m0/s1. The molecule has 2 amide bonds. The molecule has 0 bridgehead atoms. The minimum atomic E-state index is -0.687. The molecule has 6 nitrogen and oxygen atoms in total. The van der Waals surface area contributed by atoms with Crippen molar-refractivity contribution < 1.29 is 14.7 Å². The van der Waals surface area contributed by atoms with Crippen LogP contribution in [-0.4, -0.2) is 65.2 Å². The molecule has 1 atom stereocenters. The Bertz CT molecular complexity index is 379. The highest BCUT2D eigenvalue weighted by Gasteiger charge is 2.42. The molecule has 0 unspecified atom stereocenters. The number of carboxylic acid groups (broad SMARTS) is 1. The number of carbonyl (C=O) groups excluding carboxylic acids is 1. The molecule has 1 saturated carbocycles. The quantitative estimate of drug-likeness (QED) is 0.756. The van der Waals surface area contributed by atoms with Gasteiger partial charge in [0.2, 0.25) is 0 Å². The lowest BCUT2D eigenvalue weighted by atomic mass is 9.85. The summed E-state index contributed by atoms with van der Waals surface area (Å²) in [5.74, 6) is -0.897. The Balaban J connectivity index is 1.61. The van der Waals surface area contributed by atoms with Crippen molar-refractivity contribution in [2.75, 3.05) is 26.2 Å². The van der Waals surface area contributed by atoms with Crippen LogP contribution < -0.4 is 5.32 Å². The Labute approximate surface area is 112 Å². The van der Waals surface area contributed by atoms with Gasteiger partial charge in [0.15, 0.2) is 0 Å². The van der Waals surface area contributed by atoms with Gasteiger partial charge in [0.1, 0.15) is 0 Å². The molecule has 0 spiro atoms. The highest BCUT2D eigenvalue weighted by atomic mass is 16.4. The topological polar surface area (TPSA) is 72.9 Å². The zero-order valence-electron chi connectivity index (χ0n) is 11.0. The normalized spacial score (nSPS) is 35.4. The van der Waals surface area contributed by atoms with Gasteiger partial charge in [-0.05, 0) is 25.7 Å². The van der Waals surface area contributed by atoms with Gasteiger partial charge in [0.25, 0.3) is 0 Å². The monoisotopic (exact) mass is 267 g/mol. The van der Waals surface area contributed by atoms with Gasteiger partial charge in [-0.25, -0.2) is 4.79 Å². The van der Waals surface area contributed by atoms with E-state index in [1.54, 1.807) is 0 Å². The molecule has 19 heavy (non-hydrogen) atoms. The molecule has 3 rings (SSSR count). The Morgan fingerprint density at radius 1 is 1.16 bits per heavy atom. The predicted octanol–water partition coefficient (Wildman–Crippen LogP) is 0.339. The summed E-state index contributed by atoms with van der Waals surface area (Å²) in [4.78, 5) is 27.3. The van der Waals surface area contributed by atoms with E-state index in [4.69, 9.17) is 5.11 Å². The smallest absolute Gasteiger partial charge is 0.320 e. The van der Waals surface area contributed by atoms with Gasteiger partial charge in [-0.3, -0.25) is 4.79 Å². The van der Waals surface area contributed by atoms with Crippen molar-refractivity contribution in [2.45, 2.75) is 37.8 Å². The second-order valence-corrected chi connectivity index (χ2v) is 5.83. The maximum Gasteiger partial charge on any atom is 0.320 e. The van der Waals surface area contributed by atoms with Crippen LogP contribution in [0.4, 0.5) is 4.79 Å². The lowest BCUT2D eigenvalue weighted by Gasteiger charge is -2.33. The van der Waals surface area contributed by atoms with E-state index in [9.17, 15) is 9.59 Å². The number of nitrogens with zero attached hydrogens (tertiary/aromatic N) is 2. The van der Waals surface area contributed by atoms with Crippen LogP contribution in [0, 0.1) is 5.92 Å². The summed E-state index contributed by atoms with van der Waals surface area (Å²) in [6, 6.07) is 0.706. The van der Waals surface area contributed by atoms with Crippen molar-refractivity contribution in [2.24, 2.45) is 5.92 Å². The molecular formula is C13H21N3O3. The first-order chi connectivity index (χ1) is 9.16. The fourth-order valence-electron chi connectivity index (χ4n) is 3.59. The van der Waals surface area contributed by atoms with Crippen LogP contribution in [0.5, 0.6) is 0 Å². The maximum absolute atomic E-state index is 12.4.